The van der Waals surface area contributed by atoms with Crippen molar-refractivity contribution in [3.63, 3.8) is 0 Å². The Morgan fingerprint density at radius 2 is 1.54 bits per heavy atom. The van der Waals surface area contributed by atoms with Gasteiger partial charge in [0.15, 0.2) is 5.72 Å². The molecule has 3 aliphatic heterocycles. The predicted octanol–water partition coefficient (Wildman–Crippen LogP) is 8.86. The number of ether oxygens (including phenoxy) is 2. The lowest BCUT2D eigenvalue weighted by Gasteiger charge is -2.48. The number of aliphatic imine (C=N–C) groups is 1. The van der Waals surface area contributed by atoms with Crippen molar-refractivity contribution in [2.45, 2.75) is 89.6 Å². The van der Waals surface area contributed by atoms with E-state index in [1.54, 1.807) is 0 Å². The Morgan fingerprint density at radius 1 is 0.940 bits per heavy atom. The molecule has 3 aromatic carbocycles. The fraction of sp³-hybridized carbons (Fsp3) is 0.475. The number of piperazine rings is 1. The van der Waals surface area contributed by atoms with Gasteiger partial charge in [0.05, 0.1) is 11.7 Å². The minimum Gasteiger partial charge on any atom is -0.490 e. The second-order valence-corrected chi connectivity index (χ2v) is 16.1. The molecule has 6 rings (SSSR count). The summed E-state index contributed by atoms with van der Waals surface area (Å²) in [5.74, 6) is 1.22. The van der Waals surface area contributed by atoms with Crippen molar-refractivity contribution in [3.8, 4) is 5.75 Å². The summed E-state index contributed by atoms with van der Waals surface area (Å²) < 4.78 is 12.6. The molecule has 3 atom stereocenters. The number of amides is 2. The molecule has 1 unspecified atom stereocenters. The number of carbonyl (C=O) groups excluding carboxylic acids is 1. The highest BCUT2D eigenvalue weighted by Crippen LogP contribution is 2.54. The number of nitrogens with zero attached hydrogens (tertiary/aromatic N) is 4. The number of urea groups is 1. The highest BCUT2D eigenvalue weighted by atomic mass is 35.5. The molecule has 3 heterocycles. The van der Waals surface area contributed by atoms with E-state index >= 15 is 4.79 Å². The molecule has 2 fully saturated rings. The molecule has 0 bridgehead atoms. The van der Waals surface area contributed by atoms with Crippen molar-refractivity contribution < 1.29 is 14.3 Å². The second kappa shape index (κ2) is 13.6. The molecule has 0 radical (unpaired) electrons. The van der Waals surface area contributed by atoms with E-state index in [0.717, 1.165) is 35.1 Å². The van der Waals surface area contributed by atoms with Crippen LogP contribution in [0.2, 0.25) is 10.0 Å². The lowest BCUT2D eigenvalue weighted by molar-refractivity contribution is -0.0806. The fourth-order valence-electron chi connectivity index (χ4n) is 7.61. The summed E-state index contributed by atoms with van der Waals surface area (Å²) >= 11 is 12.9. The van der Waals surface area contributed by atoms with Gasteiger partial charge in [-0.05, 0) is 99.0 Å². The number of hydrogen-bond donors (Lipinski definition) is 1. The summed E-state index contributed by atoms with van der Waals surface area (Å²) in [6.07, 6.45) is 3.02. The van der Waals surface area contributed by atoms with E-state index in [0.29, 0.717) is 54.4 Å². The molecule has 50 heavy (non-hydrogen) atoms. The van der Waals surface area contributed by atoms with Crippen molar-refractivity contribution in [2.75, 3.05) is 32.8 Å². The van der Waals surface area contributed by atoms with Crippen LogP contribution in [0.1, 0.15) is 83.6 Å². The number of amidine groups is 1. The van der Waals surface area contributed by atoms with Crippen molar-refractivity contribution in [3.05, 3.63) is 99.0 Å². The average molecular weight is 719 g/mol. The van der Waals surface area contributed by atoms with Gasteiger partial charge in [0.1, 0.15) is 22.7 Å². The van der Waals surface area contributed by atoms with Crippen LogP contribution in [-0.4, -0.2) is 77.4 Å². The number of hydrogen-bond acceptors (Lipinski definition) is 6. The predicted molar refractivity (Wildman–Crippen MR) is 202 cm³/mol. The molecule has 266 valence electrons. The Hall–Kier alpha value is -3.43. The van der Waals surface area contributed by atoms with Gasteiger partial charge in [0.25, 0.3) is 0 Å². The summed E-state index contributed by atoms with van der Waals surface area (Å²) in [6.45, 7) is 17.5. The van der Waals surface area contributed by atoms with E-state index in [2.05, 4.69) is 57.7 Å². The number of nitrogens with one attached hydrogen (secondary N) is 1. The summed E-state index contributed by atoms with van der Waals surface area (Å²) in [7, 11) is 0. The summed E-state index contributed by atoms with van der Waals surface area (Å²) in [4.78, 5) is 26.9. The van der Waals surface area contributed by atoms with Crippen LogP contribution in [-0.2, 0) is 21.2 Å². The average Bonchev–Trinajstić information content (AvgIpc) is 3.67. The first-order chi connectivity index (χ1) is 23.6. The quantitative estimate of drug-likeness (QED) is 0.248. The number of halogens is 2. The van der Waals surface area contributed by atoms with Crippen LogP contribution in [0.4, 0.5) is 4.79 Å². The lowest BCUT2D eigenvalue weighted by Crippen LogP contribution is -2.63. The van der Waals surface area contributed by atoms with Crippen LogP contribution >= 0.6 is 23.2 Å². The number of rotatable bonds is 7. The molecule has 2 amide bonds. The van der Waals surface area contributed by atoms with Gasteiger partial charge in [-0.25, -0.2) is 4.79 Å². The van der Waals surface area contributed by atoms with Gasteiger partial charge in [0.2, 0.25) is 0 Å². The third-order valence-corrected chi connectivity index (χ3v) is 11.2. The monoisotopic (exact) mass is 717 g/mol. The molecule has 3 aromatic rings. The van der Waals surface area contributed by atoms with E-state index in [1.807, 2.05) is 72.2 Å². The SMILES string of the molecule is CC(C)Oc1cc(C(C)(C)C)ccc1C1=N[C@@](C)(c2ccc(Cl)cc2)[C@@](C)(c2ccc(Cl)cc2)N1C(=O)N1CCN(C2(C=N)CCCO2)CC1. The Bertz CT molecular complexity index is 1760. The maximum absolute atomic E-state index is 15.3. The maximum Gasteiger partial charge on any atom is 0.326 e. The third-order valence-electron chi connectivity index (χ3n) is 10.7. The van der Waals surface area contributed by atoms with Crippen LogP contribution in [0.3, 0.4) is 0 Å². The van der Waals surface area contributed by atoms with E-state index in [-0.39, 0.29) is 17.6 Å². The molecule has 10 heteroatoms. The van der Waals surface area contributed by atoms with Gasteiger partial charge in [-0.1, -0.05) is 74.3 Å². The molecular weight excluding hydrogens is 669 g/mol. The lowest BCUT2D eigenvalue weighted by atomic mass is 9.71. The van der Waals surface area contributed by atoms with E-state index < -0.39 is 16.8 Å². The minimum atomic E-state index is -1.00. The molecule has 0 aliphatic carbocycles. The Labute approximate surface area is 306 Å². The maximum atomic E-state index is 15.3. The zero-order valence-electron chi connectivity index (χ0n) is 30.2. The first kappa shape index (κ1) is 36.4. The molecule has 1 N–H and O–H groups in total. The standard InChI is InChI=1S/C40H49Cl2N5O3/c1-27(2)50-34-25-30(37(3,4)5)13-18-33(34)35-44-38(6,28-9-14-31(41)15-10-28)39(7,29-11-16-32(42)17-12-29)47(35)36(48)45-20-22-46(23-21-45)40(26-43)19-8-24-49-40/h9-18,25-27,43H,8,19-24H2,1-7H3/t38-,39+,40?/m0/s1. The first-order valence-electron chi connectivity index (χ1n) is 17.6. The Balaban J connectivity index is 1.53. The van der Waals surface area contributed by atoms with Crippen LogP contribution in [0.25, 0.3) is 0 Å². The molecular formula is C40H49Cl2N5O3. The summed E-state index contributed by atoms with van der Waals surface area (Å²) in [5.41, 5.74) is 0.921. The molecule has 8 nitrogen and oxygen atoms in total. The van der Waals surface area contributed by atoms with Gasteiger partial charge in [-0.3, -0.25) is 14.8 Å². The number of carbonyl (C=O) groups is 1. The Kier molecular flexibility index (Phi) is 9.89. The van der Waals surface area contributed by atoms with Crippen LogP contribution in [0.5, 0.6) is 5.75 Å². The largest absolute Gasteiger partial charge is 0.490 e. The first-order valence-corrected chi connectivity index (χ1v) is 18.3. The van der Waals surface area contributed by atoms with Gasteiger partial charge in [-0.15, -0.1) is 0 Å². The van der Waals surface area contributed by atoms with Gasteiger partial charge in [0, 0.05) is 49.0 Å². The highest BCUT2D eigenvalue weighted by molar-refractivity contribution is 6.30. The minimum absolute atomic E-state index is 0.104. The van der Waals surface area contributed by atoms with Crippen LogP contribution in [0.15, 0.2) is 71.7 Å². The topological polar surface area (TPSA) is 81.5 Å². The molecule has 3 aliphatic rings. The van der Waals surface area contributed by atoms with Crippen molar-refractivity contribution in [2.24, 2.45) is 4.99 Å². The molecule has 2 saturated heterocycles. The second-order valence-electron chi connectivity index (χ2n) is 15.3. The van der Waals surface area contributed by atoms with Crippen LogP contribution < -0.4 is 4.74 Å². The third kappa shape index (κ3) is 6.33. The zero-order valence-corrected chi connectivity index (χ0v) is 31.7. The summed E-state index contributed by atoms with van der Waals surface area (Å²) in [5, 5.41) is 9.41. The van der Waals surface area contributed by atoms with Crippen molar-refractivity contribution in [1.29, 1.82) is 5.41 Å². The van der Waals surface area contributed by atoms with E-state index in [1.165, 1.54) is 6.21 Å². The molecule has 0 aromatic heterocycles. The van der Waals surface area contributed by atoms with Gasteiger partial charge < -0.3 is 19.8 Å². The van der Waals surface area contributed by atoms with E-state index in [9.17, 15) is 0 Å². The summed E-state index contributed by atoms with van der Waals surface area (Å²) in [6, 6.07) is 21.6. The van der Waals surface area contributed by atoms with Crippen LogP contribution in [0, 0.1) is 5.41 Å². The highest BCUT2D eigenvalue weighted by Gasteiger charge is 2.60. The van der Waals surface area contributed by atoms with Crippen molar-refractivity contribution in [1.82, 2.24) is 14.7 Å². The number of benzene rings is 3. The van der Waals surface area contributed by atoms with Gasteiger partial charge >= 0.3 is 6.03 Å². The Morgan fingerprint density at radius 3 is 2.06 bits per heavy atom. The molecule has 0 saturated carbocycles. The molecule has 0 spiro atoms. The van der Waals surface area contributed by atoms with Crippen molar-refractivity contribution >= 4 is 41.3 Å². The van der Waals surface area contributed by atoms with Gasteiger partial charge in [-0.2, -0.15) is 0 Å². The van der Waals surface area contributed by atoms with E-state index in [4.69, 9.17) is 43.1 Å². The zero-order chi connectivity index (χ0) is 36.1. The fourth-order valence-corrected chi connectivity index (χ4v) is 7.86. The smallest absolute Gasteiger partial charge is 0.326 e. The normalized spacial score (nSPS) is 26.0.